The number of guanidine groups is 1. The number of aliphatic imine (C=N–C) groups is 1. The Morgan fingerprint density at radius 1 is 1.44 bits per heavy atom. The Morgan fingerprint density at radius 3 is 2.67 bits per heavy atom. The van der Waals surface area contributed by atoms with Crippen molar-refractivity contribution in [2.45, 2.75) is 59.2 Å². The van der Waals surface area contributed by atoms with Crippen LogP contribution >= 0.6 is 35.3 Å². The van der Waals surface area contributed by atoms with Gasteiger partial charge in [0.1, 0.15) is 5.60 Å². The maximum absolute atomic E-state index is 12.0. The van der Waals surface area contributed by atoms with Crippen molar-refractivity contribution < 1.29 is 9.53 Å². The number of likely N-dealkylation sites (tertiary alicyclic amines) is 1. The number of rotatable bonds is 5. The summed E-state index contributed by atoms with van der Waals surface area (Å²) < 4.78 is 5.36. The second-order valence-corrected chi connectivity index (χ2v) is 9.17. The van der Waals surface area contributed by atoms with E-state index >= 15 is 0 Å². The number of carbonyl (C=O) groups excluding carboxylic acids is 1. The lowest BCUT2D eigenvalue weighted by atomic mass is 10.1. The van der Waals surface area contributed by atoms with E-state index in [0.29, 0.717) is 25.6 Å². The van der Waals surface area contributed by atoms with Gasteiger partial charge in [0.15, 0.2) is 5.96 Å². The molecule has 1 amide bonds. The average molecular weight is 509 g/mol. The lowest BCUT2D eigenvalue weighted by Gasteiger charge is -2.40. The van der Waals surface area contributed by atoms with Crippen LogP contribution in [0.15, 0.2) is 11.2 Å². The first-order chi connectivity index (χ1) is 12.2. The highest BCUT2D eigenvalue weighted by Gasteiger charge is 2.34. The summed E-state index contributed by atoms with van der Waals surface area (Å²) in [5.41, 5.74) is -0.462. The molecule has 0 spiro atoms. The molecule has 0 aromatic carbocycles. The molecule has 27 heavy (non-hydrogen) atoms. The number of nitrogens with one attached hydrogen (secondary N) is 2. The highest BCUT2D eigenvalue weighted by atomic mass is 127. The molecule has 2 rings (SSSR count). The van der Waals surface area contributed by atoms with Gasteiger partial charge >= 0.3 is 6.09 Å². The van der Waals surface area contributed by atoms with Crippen LogP contribution in [0, 0.1) is 5.92 Å². The smallest absolute Gasteiger partial charge is 0.410 e. The Labute approximate surface area is 183 Å². The molecule has 2 N–H and O–H groups in total. The van der Waals surface area contributed by atoms with E-state index in [1.807, 2.05) is 27.0 Å². The lowest BCUT2D eigenvalue weighted by molar-refractivity contribution is 0.00701. The summed E-state index contributed by atoms with van der Waals surface area (Å²) >= 11 is 1.74. The lowest BCUT2D eigenvalue weighted by Crippen LogP contribution is -2.63. The number of aromatic nitrogens is 1. The summed E-state index contributed by atoms with van der Waals surface area (Å²) in [6.45, 7) is 11.9. The number of ether oxygens (including phenoxy) is 1. The molecule has 154 valence electrons. The Hall–Kier alpha value is -1.10. The third-order valence-corrected chi connectivity index (χ3v) is 4.73. The van der Waals surface area contributed by atoms with Gasteiger partial charge in [0.05, 0.1) is 17.6 Å². The van der Waals surface area contributed by atoms with E-state index < -0.39 is 5.60 Å². The fraction of sp³-hybridized carbons (Fsp3) is 0.722. The Morgan fingerprint density at radius 2 is 2.11 bits per heavy atom. The van der Waals surface area contributed by atoms with E-state index in [4.69, 9.17) is 4.74 Å². The molecule has 0 atom stereocenters. The van der Waals surface area contributed by atoms with E-state index in [-0.39, 0.29) is 36.1 Å². The number of amides is 1. The van der Waals surface area contributed by atoms with E-state index in [1.54, 1.807) is 23.3 Å². The van der Waals surface area contributed by atoms with Gasteiger partial charge in [-0.15, -0.1) is 35.3 Å². The van der Waals surface area contributed by atoms with Gasteiger partial charge in [-0.05, 0) is 26.7 Å². The summed E-state index contributed by atoms with van der Waals surface area (Å²) in [5, 5.41) is 7.82. The summed E-state index contributed by atoms with van der Waals surface area (Å²) in [5.74, 6) is 1.35. The quantitative estimate of drug-likeness (QED) is 0.362. The number of hydrogen-bond donors (Lipinski definition) is 2. The van der Waals surface area contributed by atoms with E-state index in [0.717, 1.165) is 12.4 Å². The van der Waals surface area contributed by atoms with Crippen LogP contribution in [0.2, 0.25) is 0 Å². The Balaban J connectivity index is 0.00000364. The number of nitrogens with zero attached hydrogens (tertiary/aromatic N) is 3. The van der Waals surface area contributed by atoms with Crippen LogP contribution in [0.3, 0.4) is 0 Å². The average Bonchev–Trinajstić information content (AvgIpc) is 2.90. The van der Waals surface area contributed by atoms with E-state index in [1.165, 1.54) is 9.88 Å². The normalized spacial score (nSPS) is 15.2. The first-order valence-corrected chi connectivity index (χ1v) is 9.86. The van der Waals surface area contributed by atoms with Gasteiger partial charge in [0.2, 0.25) is 0 Å². The minimum Gasteiger partial charge on any atom is -0.444 e. The number of halogens is 1. The Bertz CT molecular complexity index is 636. The van der Waals surface area contributed by atoms with Crippen LogP contribution in [0.4, 0.5) is 4.79 Å². The second kappa shape index (κ2) is 10.4. The predicted molar refractivity (Wildman–Crippen MR) is 121 cm³/mol. The van der Waals surface area contributed by atoms with Crippen LogP contribution in [-0.2, 0) is 17.7 Å². The highest BCUT2D eigenvalue weighted by molar-refractivity contribution is 14.0. The third kappa shape index (κ3) is 8.20. The fourth-order valence-electron chi connectivity index (χ4n) is 2.48. The van der Waals surface area contributed by atoms with Gasteiger partial charge in [0.25, 0.3) is 0 Å². The maximum Gasteiger partial charge on any atom is 0.410 e. The van der Waals surface area contributed by atoms with E-state index in [9.17, 15) is 4.79 Å². The monoisotopic (exact) mass is 509 g/mol. The van der Waals surface area contributed by atoms with Gasteiger partial charge in [-0.2, -0.15) is 0 Å². The zero-order chi connectivity index (χ0) is 19.3. The largest absolute Gasteiger partial charge is 0.444 e. The fourth-order valence-corrected chi connectivity index (χ4v) is 3.55. The molecule has 1 aromatic heterocycles. The molecule has 1 saturated heterocycles. The zero-order valence-electron chi connectivity index (χ0n) is 17.0. The molecule has 1 fully saturated rings. The topological polar surface area (TPSA) is 78.9 Å². The van der Waals surface area contributed by atoms with Crippen molar-refractivity contribution in [2.75, 3.05) is 20.1 Å². The van der Waals surface area contributed by atoms with Crippen LogP contribution in [0.5, 0.6) is 0 Å². The second-order valence-electron chi connectivity index (χ2n) is 7.97. The summed E-state index contributed by atoms with van der Waals surface area (Å²) in [4.78, 5) is 23.6. The van der Waals surface area contributed by atoms with Crippen molar-refractivity contribution >= 4 is 47.4 Å². The van der Waals surface area contributed by atoms with Gasteiger partial charge in [-0.25, -0.2) is 9.78 Å². The molecular weight excluding hydrogens is 477 g/mol. The minimum absolute atomic E-state index is 0. The first kappa shape index (κ1) is 23.9. The molecule has 9 heteroatoms. The molecule has 0 aliphatic carbocycles. The summed E-state index contributed by atoms with van der Waals surface area (Å²) in [6, 6.07) is 0.187. The van der Waals surface area contributed by atoms with Crippen molar-refractivity contribution in [1.82, 2.24) is 20.5 Å². The van der Waals surface area contributed by atoms with Crippen LogP contribution < -0.4 is 10.6 Å². The molecule has 1 aliphatic heterocycles. The number of hydrogen-bond acceptors (Lipinski definition) is 5. The first-order valence-electron chi connectivity index (χ1n) is 9.05. The number of carbonyl (C=O) groups is 1. The van der Waals surface area contributed by atoms with Crippen molar-refractivity contribution in [2.24, 2.45) is 10.9 Å². The van der Waals surface area contributed by atoms with Gasteiger partial charge in [-0.3, -0.25) is 4.99 Å². The SMILES string of the molecule is CN=C(NCc1cnc(CC(C)C)s1)NC1CN(C(=O)OC(C)(C)C)C1.I. The predicted octanol–water partition coefficient (Wildman–Crippen LogP) is 3.24. The van der Waals surface area contributed by atoms with Gasteiger partial charge < -0.3 is 20.3 Å². The molecular formula is C18H32IN5O2S. The molecule has 1 aromatic rings. The molecule has 2 heterocycles. The van der Waals surface area contributed by atoms with E-state index in [2.05, 4.69) is 34.5 Å². The summed E-state index contributed by atoms with van der Waals surface area (Å²) in [7, 11) is 1.75. The Kier molecular flexibility index (Phi) is 9.26. The van der Waals surface area contributed by atoms with Crippen LogP contribution in [0.25, 0.3) is 0 Å². The minimum atomic E-state index is -0.462. The molecule has 1 aliphatic rings. The summed E-state index contributed by atoms with van der Waals surface area (Å²) in [6.07, 6.45) is 2.68. The van der Waals surface area contributed by atoms with Crippen molar-refractivity contribution in [3.05, 3.63) is 16.1 Å². The van der Waals surface area contributed by atoms with Gasteiger partial charge in [0, 0.05) is 37.6 Å². The molecule has 0 bridgehead atoms. The number of thiazole rings is 1. The van der Waals surface area contributed by atoms with Crippen molar-refractivity contribution in [3.63, 3.8) is 0 Å². The third-order valence-electron chi connectivity index (χ3n) is 3.71. The van der Waals surface area contributed by atoms with Crippen LogP contribution in [0.1, 0.15) is 44.5 Å². The van der Waals surface area contributed by atoms with Crippen molar-refractivity contribution in [1.29, 1.82) is 0 Å². The maximum atomic E-state index is 12.0. The molecule has 0 saturated carbocycles. The van der Waals surface area contributed by atoms with Crippen molar-refractivity contribution in [3.8, 4) is 0 Å². The van der Waals surface area contributed by atoms with Crippen LogP contribution in [-0.4, -0.2) is 53.7 Å². The highest BCUT2D eigenvalue weighted by Crippen LogP contribution is 2.17. The molecule has 0 unspecified atom stereocenters. The standard InChI is InChI=1S/C18H31N5O2S.HI/c1-12(2)7-15-20-8-14(26-15)9-21-16(19-6)22-13-10-23(11-13)17(24)25-18(3,4)5;/h8,12-13H,7,9-11H2,1-6H3,(H2,19,21,22);1H. The molecule has 0 radical (unpaired) electrons. The molecule has 7 nitrogen and oxygen atoms in total. The zero-order valence-corrected chi connectivity index (χ0v) is 20.2. The van der Waals surface area contributed by atoms with Gasteiger partial charge in [-0.1, -0.05) is 13.8 Å².